The minimum Gasteiger partial charge on any atom is -0.477 e. The van der Waals surface area contributed by atoms with Gasteiger partial charge in [-0.25, -0.2) is 4.98 Å². The minimum absolute atomic E-state index is 0.0758. The molecule has 4 heteroatoms. The molecular formula is C16H16N2O2. The molecule has 1 atom stereocenters. The minimum atomic E-state index is -0.470. The topological polar surface area (TPSA) is 42.4 Å². The molecule has 0 aliphatic carbocycles. The number of amides is 1. The fourth-order valence-corrected chi connectivity index (χ4v) is 2.30. The number of nitrogens with zero attached hydrogens (tertiary/aromatic N) is 2. The van der Waals surface area contributed by atoms with Crippen LogP contribution in [-0.2, 0) is 4.79 Å². The highest BCUT2D eigenvalue weighted by atomic mass is 16.5. The van der Waals surface area contributed by atoms with Crippen molar-refractivity contribution in [3.05, 3.63) is 42.1 Å². The molecule has 1 aromatic carbocycles. The lowest BCUT2D eigenvalue weighted by Gasteiger charge is -2.29. The highest BCUT2D eigenvalue weighted by Crippen LogP contribution is 2.34. The number of hydrogen-bond donors (Lipinski definition) is 0. The molecule has 0 bridgehead atoms. The summed E-state index contributed by atoms with van der Waals surface area (Å²) in [6.45, 7) is 3.81. The van der Waals surface area contributed by atoms with Crippen molar-refractivity contribution in [2.24, 2.45) is 0 Å². The predicted octanol–water partition coefficient (Wildman–Crippen LogP) is 2.80. The van der Waals surface area contributed by atoms with E-state index < -0.39 is 6.10 Å². The van der Waals surface area contributed by atoms with Crippen LogP contribution in [0.15, 0.2) is 36.5 Å². The van der Waals surface area contributed by atoms with E-state index in [4.69, 9.17) is 4.74 Å². The fraction of sp³-hybridized carbons (Fsp3) is 0.250. The van der Waals surface area contributed by atoms with Gasteiger partial charge in [-0.2, -0.15) is 0 Å². The van der Waals surface area contributed by atoms with Crippen molar-refractivity contribution >= 4 is 11.7 Å². The number of carbonyl (C=O) groups is 1. The van der Waals surface area contributed by atoms with Crippen molar-refractivity contribution in [2.45, 2.75) is 20.0 Å². The van der Waals surface area contributed by atoms with Crippen LogP contribution in [0.5, 0.6) is 5.75 Å². The number of ether oxygens (including phenoxy) is 1. The van der Waals surface area contributed by atoms with Gasteiger partial charge in [0.15, 0.2) is 17.7 Å². The molecule has 0 saturated carbocycles. The van der Waals surface area contributed by atoms with Gasteiger partial charge in [0.2, 0.25) is 0 Å². The predicted molar refractivity (Wildman–Crippen MR) is 77.9 cm³/mol. The number of carbonyl (C=O) groups excluding carboxylic acids is 1. The van der Waals surface area contributed by atoms with Gasteiger partial charge in [-0.1, -0.05) is 29.8 Å². The molecule has 0 fully saturated rings. The van der Waals surface area contributed by atoms with E-state index in [0.29, 0.717) is 11.6 Å². The number of pyridine rings is 1. The molecule has 20 heavy (non-hydrogen) atoms. The van der Waals surface area contributed by atoms with Crippen molar-refractivity contribution in [2.75, 3.05) is 11.9 Å². The highest BCUT2D eigenvalue weighted by molar-refractivity contribution is 5.98. The van der Waals surface area contributed by atoms with Crippen LogP contribution in [-0.4, -0.2) is 24.0 Å². The summed E-state index contributed by atoms with van der Waals surface area (Å²) in [6.07, 6.45) is 1.30. The standard InChI is InChI=1S/C16H16N2O2/c1-10-4-6-12(7-5-10)13-8-14-15(17-9-13)18(3)16(19)11(2)20-14/h4-9,11H,1-3H3. The maximum atomic E-state index is 11.8. The van der Waals surface area contributed by atoms with Crippen molar-refractivity contribution in [1.29, 1.82) is 0 Å². The number of benzene rings is 1. The average Bonchev–Trinajstić information content (AvgIpc) is 2.45. The van der Waals surface area contributed by atoms with Gasteiger partial charge in [-0.15, -0.1) is 0 Å². The Hall–Kier alpha value is -2.36. The van der Waals surface area contributed by atoms with Crippen molar-refractivity contribution in [3.8, 4) is 16.9 Å². The summed E-state index contributed by atoms with van der Waals surface area (Å²) >= 11 is 0. The Bertz CT molecular complexity index is 665. The third-order valence-corrected chi connectivity index (χ3v) is 3.52. The van der Waals surface area contributed by atoms with Gasteiger partial charge in [0.1, 0.15) is 0 Å². The largest absolute Gasteiger partial charge is 0.477 e. The third kappa shape index (κ3) is 2.03. The molecule has 0 radical (unpaired) electrons. The number of aromatic nitrogens is 1. The second-order valence-corrected chi connectivity index (χ2v) is 5.07. The van der Waals surface area contributed by atoms with Gasteiger partial charge in [-0.05, 0) is 25.5 Å². The van der Waals surface area contributed by atoms with E-state index in [1.165, 1.54) is 5.56 Å². The lowest BCUT2D eigenvalue weighted by atomic mass is 10.1. The molecule has 1 unspecified atom stereocenters. The van der Waals surface area contributed by atoms with Gasteiger partial charge in [-0.3, -0.25) is 9.69 Å². The summed E-state index contributed by atoms with van der Waals surface area (Å²) in [6, 6.07) is 10.2. The first-order valence-corrected chi connectivity index (χ1v) is 6.57. The molecule has 1 aliphatic heterocycles. The summed E-state index contributed by atoms with van der Waals surface area (Å²) < 4.78 is 5.65. The van der Waals surface area contributed by atoms with Crippen LogP contribution in [0.3, 0.4) is 0 Å². The van der Waals surface area contributed by atoms with Gasteiger partial charge in [0.25, 0.3) is 5.91 Å². The van der Waals surface area contributed by atoms with Gasteiger partial charge in [0, 0.05) is 18.8 Å². The summed E-state index contributed by atoms with van der Waals surface area (Å²) in [4.78, 5) is 17.7. The summed E-state index contributed by atoms with van der Waals surface area (Å²) in [5.41, 5.74) is 3.29. The number of fused-ring (bicyclic) bond motifs is 1. The smallest absolute Gasteiger partial charge is 0.268 e. The van der Waals surface area contributed by atoms with E-state index in [1.807, 2.05) is 6.07 Å². The van der Waals surface area contributed by atoms with Gasteiger partial charge in [0.05, 0.1) is 0 Å². The first-order valence-electron chi connectivity index (χ1n) is 6.57. The second kappa shape index (κ2) is 4.63. The van der Waals surface area contributed by atoms with Crippen LogP contribution >= 0.6 is 0 Å². The lowest BCUT2D eigenvalue weighted by Crippen LogP contribution is -2.42. The zero-order valence-corrected chi connectivity index (χ0v) is 11.8. The zero-order chi connectivity index (χ0) is 14.3. The molecule has 0 N–H and O–H groups in total. The molecule has 2 heterocycles. The third-order valence-electron chi connectivity index (χ3n) is 3.52. The number of likely N-dealkylation sites (N-methyl/N-ethyl adjacent to an activating group) is 1. The fourth-order valence-electron chi connectivity index (χ4n) is 2.30. The average molecular weight is 268 g/mol. The summed E-state index contributed by atoms with van der Waals surface area (Å²) in [5, 5.41) is 0. The Morgan fingerprint density at radius 2 is 1.90 bits per heavy atom. The van der Waals surface area contributed by atoms with Crippen molar-refractivity contribution < 1.29 is 9.53 Å². The maximum Gasteiger partial charge on any atom is 0.268 e. The molecule has 4 nitrogen and oxygen atoms in total. The van der Waals surface area contributed by atoms with E-state index in [9.17, 15) is 4.79 Å². The van der Waals surface area contributed by atoms with Crippen LogP contribution in [0.25, 0.3) is 11.1 Å². The first-order chi connectivity index (χ1) is 9.56. The SMILES string of the molecule is Cc1ccc(-c2cnc3c(c2)OC(C)C(=O)N3C)cc1. The van der Waals surface area contributed by atoms with Gasteiger partial charge >= 0.3 is 0 Å². The Balaban J connectivity index is 2.03. The number of anilines is 1. The van der Waals surface area contributed by atoms with E-state index in [-0.39, 0.29) is 5.91 Å². The van der Waals surface area contributed by atoms with E-state index in [0.717, 1.165) is 11.1 Å². The van der Waals surface area contributed by atoms with E-state index >= 15 is 0 Å². The molecular weight excluding hydrogens is 252 g/mol. The Morgan fingerprint density at radius 1 is 1.20 bits per heavy atom. The van der Waals surface area contributed by atoms with Crippen molar-refractivity contribution in [1.82, 2.24) is 4.98 Å². The molecule has 1 amide bonds. The van der Waals surface area contributed by atoms with Crippen LogP contribution < -0.4 is 9.64 Å². The maximum absolute atomic E-state index is 11.8. The summed E-state index contributed by atoms with van der Waals surface area (Å²) in [5.74, 6) is 1.15. The Morgan fingerprint density at radius 3 is 2.60 bits per heavy atom. The number of hydrogen-bond acceptors (Lipinski definition) is 3. The molecule has 2 aromatic rings. The Kier molecular flexibility index (Phi) is 2.93. The molecule has 1 aliphatic rings. The highest BCUT2D eigenvalue weighted by Gasteiger charge is 2.30. The molecule has 0 spiro atoms. The van der Waals surface area contributed by atoms with Crippen LogP contribution in [0.2, 0.25) is 0 Å². The van der Waals surface area contributed by atoms with Crippen LogP contribution in [0.4, 0.5) is 5.82 Å². The van der Waals surface area contributed by atoms with E-state index in [2.05, 4.69) is 36.2 Å². The number of aryl methyl sites for hydroxylation is 1. The summed E-state index contributed by atoms with van der Waals surface area (Å²) in [7, 11) is 1.72. The normalized spacial score (nSPS) is 17.6. The van der Waals surface area contributed by atoms with Crippen LogP contribution in [0.1, 0.15) is 12.5 Å². The Labute approximate surface area is 118 Å². The zero-order valence-electron chi connectivity index (χ0n) is 11.8. The molecule has 1 aromatic heterocycles. The van der Waals surface area contributed by atoms with Crippen molar-refractivity contribution in [3.63, 3.8) is 0 Å². The monoisotopic (exact) mass is 268 g/mol. The number of rotatable bonds is 1. The van der Waals surface area contributed by atoms with Gasteiger partial charge < -0.3 is 4.74 Å². The van der Waals surface area contributed by atoms with E-state index in [1.54, 1.807) is 25.1 Å². The lowest BCUT2D eigenvalue weighted by molar-refractivity contribution is -0.125. The van der Waals surface area contributed by atoms with Crippen LogP contribution in [0, 0.1) is 6.92 Å². The molecule has 102 valence electrons. The quantitative estimate of drug-likeness (QED) is 0.798. The second-order valence-electron chi connectivity index (χ2n) is 5.07. The molecule has 0 saturated heterocycles. The molecule has 3 rings (SSSR count). The first kappa shape index (κ1) is 12.7.